The van der Waals surface area contributed by atoms with Crippen molar-refractivity contribution in [3.63, 3.8) is 0 Å². The van der Waals surface area contributed by atoms with E-state index in [9.17, 15) is 4.79 Å². The molecule has 0 spiro atoms. The Hall–Kier alpha value is -2.69. The third-order valence-corrected chi connectivity index (χ3v) is 4.10. The minimum Gasteiger partial charge on any atom is -0.486 e. The lowest BCUT2D eigenvalue weighted by molar-refractivity contribution is -0.127. The van der Waals surface area contributed by atoms with Gasteiger partial charge in [0.25, 0.3) is 5.91 Å². The summed E-state index contributed by atoms with van der Waals surface area (Å²) in [5.74, 6) is 1.98. The van der Waals surface area contributed by atoms with Crippen LogP contribution >= 0.6 is 0 Å². The zero-order chi connectivity index (χ0) is 17.8. The number of carbonyl (C=O) groups excluding carboxylic acids is 1. The predicted molar refractivity (Wildman–Crippen MR) is 95.3 cm³/mol. The van der Waals surface area contributed by atoms with E-state index in [1.807, 2.05) is 56.3 Å². The van der Waals surface area contributed by atoms with Gasteiger partial charge in [0.05, 0.1) is 6.04 Å². The van der Waals surface area contributed by atoms with Crippen LogP contribution in [0.15, 0.2) is 42.5 Å². The van der Waals surface area contributed by atoms with Crippen molar-refractivity contribution in [3.8, 4) is 17.2 Å². The van der Waals surface area contributed by atoms with Crippen LogP contribution in [-0.2, 0) is 4.79 Å². The van der Waals surface area contributed by atoms with E-state index in [2.05, 4.69) is 5.32 Å². The molecule has 5 heteroatoms. The molecule has 0 bridgehead atoms. The molecule has 5 nitrogen and oxygen atoms in total. The van der Waals surface area contributed by atoms with Gasteiger partial charge in [-0.05, 0) is 56.2 Å². The van der Waals surface area contributed by atoms with E-state index < -0.39 is 6.10 Å². The van der Waals surface area contributed by atoms with Crippen molar-refractivity contribution in [2.75, 3.05) is 13.2 Å². The van der Waals surface area contributed by atoms with Gasteiger partial charge < -0.3 is 19.5 Å². The van der Waals surface area contributed by atoms with Gasteiger partial charge in [-0.25, -0.2) is 0 Å². The van der Waals surface area contributed by atoms with Crippen LogP contribution in [0.3, 0.4) is 0 Å². The Morgan fingerprint density at radius 1 is 1.08 bits per heavy atom. The third kappa shape index (κ3) is 4.24. The molecule has 1 aliphatic heterocycles. The van der Waals surface area contributed by atoms with Crippen LogP contribution in [0.4, 0.5) is 0 Å². The largest absolute Gasteiger partial charge is 0.486 e. The fourth-order valence-corrected chi connectivity index (χ4v) is 2.69. The lowest BCUT2D eigenvalue weighted by atomic mass is 10.1. The molecule has 0 aromatic heterocycles. The van der Waals surface area contributed by atoms with Crippen LogP contribution in [0.25, 0.3) is 0 Å². The van der Waals surface area contributed by atoms with Crippen molar-refractivity contribution in [1.29, 1.82) is 0 Å². The zero-order valence-corrected chi connectivity index (χ0v) is 14.7. The summed E-state index contributed by atoms with van der Waals surface area (Å²) in [6, 6.07) is 13.2. The van der Waals surface area contributed by atoms with E-state index in [4.69, 9.17) is 14.2 Å². The standard InChI is InChI=1S/C20H23NO4/c1-13-5-4-6-17(11-13)25-15(3)20(22)21-14(2)16-7-8-18-19(12-16)24-10-9-23-18/h4-8,11-12,14-15H,9-10H2,1-3H3,(H,21,22)/t14-,15+/m0/s1. The predicted octanol–water partition coefficient (Wildman–Crippen LogP) is 3.41. The van der Waals surface area contributed by atoms with Crippen molar-refractivity contribution in [2.24, 2.45) is 0 Å². The van der Waals surface area contributed by atoms with Crippen molar-refractivity contribution in [1.82, 2.24) is 5.32 Å². The molecule has 1 N–H and O–H groups in total. The fraction of sp³-hybridized carbons (Fsp3) is 0.350. The van der Waals surface area contributed by atoms with Gasteiger partial charge in [-0.15, -0.1) is 0 Å². The molecular weight excluding hydrogens is 318 g/mol. The Morgan fingerprint density at radius 3 is 2.60 bits per heavy atom. The van der Waals surface area contributed by atoms with E-state index in [1.165, 1.54) is 0 Å². The maximum atomic E-state index is 12.4. The average Bonchev–Trinajstić information content (AvgIpc) is 2.61. The highest BCUT2D eigenvalue weighted by Gasteiger charge is 2.19. The topological polar surface area (TPSA) is 56.8 Å². The monoisotopic (exact) mass is 341 g/mol. The summed E-state index contributed by atoms with van der Waals surface area (Å²) in [6.45, 7) is 6.77. The summed E-state index contributed by atoms with van der Waals surface area (Å²) in [5.41, 5.74) is 2.05. The van der Waals surface area contributed by atoms with Crippen LogP contribution in [-0.4, -0.2) is 25.2 Å². The number of carbonyl (C=O) groups is 1. The number of ether oxygens (including phenoxy) is 3. The molecule has 2 aromatic carbocycles. The Labute approximate surface area is 147 Å². The molecule has 0 saturated heterocycles. The summed E-state index contributed by atoms with van der Waals surface area (Å²) >= 11 is 0. The van der Waals surface area contributed by atoms with Gasteiger partial charge in [-0.3, -0.25) is 4.79 Å². The van der Waals surface area contributed by atoms with Crippen molar-refractivity contribution < 1.29 is 19.0 Å². The van der Waals surface area contributed by atoms with Gasteiger partial charge in [-0.1, -0.05) is 18.2 Å². The van der Waals surface area contributed by atoms with Crippen LogP contribution in [0.5, 0.6) is 17.2 Å². The van der Waals surface area contributed by atoms with Crippen LogP contribution in [0.1, 0.15) is 31.0 Å². The van der Waals surface area contributed by atoms with E-state index in [1.54, 1.807) is 6.92 Å². The Balaban J connectivity index is 1.61. The van der Waals surface area contributed by atoms with Gasteiger partial charge in [0.1, 0.15) is 19.0 Å². The summed E-state index contributed by atoms with van der Waals surface area (Å²) in [7, 11) is 0. The number of amides is 1. The molecular formula is C20H23NO4. The van der Waals surface area contributed by atoms with Gasteiger partial charge in [0, 0.05) is 0 Å². The molecule has 0 unspecified atom stereocenters. The lowest BCUT2D eigenvalue weighted by Crippen LogP contribution is -2.37. The summed E-state index contributed by atoms with van der Waals surface area (Å²) < 4.78 is 16.8. The van der Waals surface area contributed by atoms with Gasteiger partial charge in [0.15, 0.2) is 17.6 Å². The summed E-state index contributed by atoms with van der Waals surface area (Å²) in [5, 5.41) is 2.98. The molecule has 1 heterocycles. The van der Waals surface area contributed by atoms with Gasteiger partial charge in [-0.2, -0.15) is 0 Å². The lowest BCUT2D eigenvalue weighted by Gasteiger charge is -2.22. The second kappa shape index (κ2) is 7.47. The molecule has 0 saturated carbocycles. The molecule has 1 amide bonds. The number of aryl methyl sites for hydroxylation is 1. The highest BCUT2D eigenvalue weighted by molar-refractivity contribution is 5.81. The number of nitrogens with one attached hydrogen (secondary N) is 1. The van der Waals surface area contributed by atoms with E-state index in [-0.39, 0.29) is 11.9 Å². The Bertz CT molecular complexity index is 759. The molecule has 3 rings (SSSR count). The average molecular weight is 341 g/mol. The quantitative estimate of drug-likeness (QED) is 0.905. The number of benzene rings is 2. The maximum absolute atomic E-state index is 12.4. The molecule has 1 aliphatic rings. The van der Waals surface area contributed by atoms with Crippen LogP contribution in [0, 0.1) is 6.92 Å². The van der Waals surface area contributed by atoms with E-state index in [0.29, 0.717) is 24.7 Å². The number of hydrogen-bond donors (Lipinski definition) is 1. The first-order chi connectivity index (χ1) is 12.0. The molecule has 2 aromatic rings. The second-order valence-corrected chi connectivity index (χ2v) is 6.21. The summed E-state index contributed by atoms with van der Waals surface area (Å²) in [4.78, 5) is 12.4. The molecule has 0 fully saturated rings. The van der Waals surface area contributed by atoms with Gasteiger partial charge in [0.2, 0.25) is 0 Å². The Morgan fingerprint density at radius 2 is 1.84 bits per heavy atom. The smallest absolute Gasteiger partial charge is 0.261 e. The Kier molecular flexibility index (Phi) is 5.12. The zero-order valence-electron chi connectivity index (χ0n) is 14.7. The first-order valence-electron chi connectivity index (χ1n) is 8.46. The minimum atomic E-state index is -0.582. The summed E-state index contributed by atoms with van der Waals surface area (Å²) in [6.07, 6.45) is -0.582. The fourth-order valence-electron chi connectivity index (χ4n) is 2.69. The minimum absolute atomic E-state index is 0.160. The second-order valence-electron chi connectivity index (χ2n) is 6.21. The first-order valence-corrected chi connectivity index (χ1v) is 8.46. The van der Waals surface area contributed by atoms with Crippen molar-refractivity contribution in [3.05, 3.63) is 53.6 Å². The van der Waals surface area contributed by atoms with Crippen molar-refractivity contribution >= 4 is 5.91 Å². The molecule has 132 valence electrons. The maximum Gasteiger partial charge on any atom is 0.261 e. The van der Waals surface area contributed by atoms with Crippen molar-refractivity contribution in [2.45, 2.75) is 32.9 Å². The number of fused-ring (bicyclic) bond motifs is 1. The number of rotatable bonds is 5. The van der Waals surface area contributed by atoms with Crippen LogP contribution < -0.4 is 19.5 Å². The SMILES string of the molecule is Cc1cccc(O[C@H](C)C(=O)N[C@@H](C)c2ccc3c(c2)OCCO3)c1. The van der Waals surface area contributed by atoms with Gasteiger partial charge >= 0.3 is 0 Å². The highest BCUT2D eigenvalue weighted by Crippen LogP contribution is 2.32. The third-order valence-electron chi connectivity index (χ3n) is 4.10. The number of hydrogen-bond acceptors (Lipinski definition) is 4. The molecule has 0 aliphatic carbocycles. The first kappa shape index (κ1) is 17.1. The molecule has 0 radical (unpaired) electrons. The molecule has 2 atom stereocenters. The van der Waals surface area contributed by atoms with E-state index >= 15 is 0 Å². The normalized spacial score (nSPS) is 15.2. The van der Waals surface area contributed by atoms with E-state index in [0.717, 1.165) is 16.9 Å². The molecule has 25 heavy (non-hydrogen) atoms. The highest BCUT2D eigenvalue weighted by atomic mass is 16.6. The van der Waals surface area contributed by atoms with Crippen LogP contribution in [0.2, 0.25) is 0 Å².